The Morgan fingerprint density at radius 3 is 2.85 bits per heavy atom. The number of hydrogen-bond donors (Lipinski definition) is 0. The molecule has 0 saturated heterocycles. The highest BCUT2D eigenvalue weighted by Crippen LogP contribution is 2.27. The first kappa shape index (κ1) is 9.21. The fourth-order valence-corrected chi connectivity index (χ4v) is 3.72. The highest BCUT2D eigenvalue weighted by molar-refractivity contribution is 9.10. The van der Waals surface area contributed by atoms with Crippen LogP contribution in [0.3, 0.4) is 0 Å². The highest BCUT2D eigenvalue weighted by Gasteiger charge is 2.23. The van der Waals surface area contributed by atoms with E-state index in [1.165, 1.54) is 0 Å². The Balaban J connectivity index is 2.68. The molecule has 0 spiro atoms. The Labute approximate surface area is 86.0 Å². The number of fused-ring (bicyclic) bond motifs is 1. The van der Waals surface area contributed by atoms with Gasteiger partial charge in [0, 0.05) is 4.47 Å². The van der Waals surface area contributed by atoms with Gasteiger partial charge in [-0.15, -0.1) is 0 Å². The van der Waals surface area contributed by atoms with Crippen molar-refractivity contribution in [2.45, 2.75) is 17.7 Å². The predicted molar refractivity (Wildman–Crippen MR) is 54.5 cm³/mol. The van der Waals surface area contributed by atoms with Crippen LogP contribution in [0.5, 0.6) is 0 Å². The van der Waals surface area contributed by atoms with Crippen LogP contribution in [-0.4, -0.2) is 14.2 Å². The van der Waals surface area contributed by atoms with Crippen LogP contribution in [-0.2, 0) is 16.3 Å². The van der Waals surface area contributed by atoms with E-state index in [9.17, 15) is 8.42 Å². The lowest BCUT2D eigenvalue weighted by atomic mass is 10.1. The molecular formula is C9H9BrO2S. The molecule has 0 radical (unpaired) electrons. The molecule has 13 heavy (non-hydrogen) atoms. The minimum Gasteiger partial charge on any atom is -0.224 e. The SMILES string of the molecule is O=S1(=O)CCCc2ccc(Br)cc21. The second kappa shape index (κ2) is 3.10. The molecular weight excluding hydrogens is 252 g/mol. The first-order chi connectivity index (χ1) is 6.09. The van der Waals surface area contributed by atoms with Crippen molar-refractivity contribution in [3.8, 4) is 0 Å². The summed E-state index contributed by atoms with van der Waals surface area (Å²) in [6.45, 7) is 0. The average Bonchev–Trinajstić information content (AvgIpc) is 2.06. The van der Waals surface area contributed by atoms with Crippen molar-refractivity contribution in [3.05, 3.63) is 28.2 Å². The van der Waals surface area contributed by atoms with Gasteiger partial charge in [0.15, 0.2) is 9.84 Å². The molecule has 2 nitrogen and oxygen atoms in total. The normalized spacial score (nSPS) is 19.5. The topological polar surface area (TPSA) is 34.1 Å². The summed E-state index contributed by atoms with van der Waals surface area (Å²) in [5.74, 6) is 0.288. The lowest BCUT2D eigenvalue weighted by Gasteiger charge is -2.15. The monoisotopic (exact) mass is 260 g/mol. The van der Waals surface area contributed by atoms with Crippen LogP contribution in [0.1, 0.15) is 12.0 Å². The molecule has 4 heteroatoms. The minimum absolute atomic E-state index is 0.288. The zero-order valence-electron chi connectivity index (χ0n) is 6.96. The third kappa shape index (κ3) is 1.65. The van der Waals surface area contributed by atoms with Gasteiger partial charge >= 0.3 is 0 Å². The van der Waals surface area contributed by atoms with Crippen LogP contribution in [0.15, 0.2) is 27.6 Å². The molecule has 0 aliphatic carbocycles. The number of rotatable bonds is 0. The molecule has 0 bridgehead atoms. The van der Waals surface area contributed by atoms with Gasteiger partial charge in [0.25, 0.3) is 0 Å². The minimum atomic E-state index is -2.99. The molecule has 0 atom stereocenters. The average molecular weight is 261 g/mol. The summed E-state index contributed by atoms with van der Waals surface area (Å²) in [6.07, 6.45) is 1.62. The van der Waals surface area contributed by atoms with Gasteiger partial charge in [-0.3, -0.25) is 0 Å². The molecule has 1 heterocycles. The molecule has 0 aromatic heterocycles. The van der Waals surface area contributed by atoms with Crippen LogP contribution >= 0.6 is 15.9 Å². The third-order valence-corrected chi connectivity index (χ3v) is 4.59. The summed E-state index contributed by atoms with van der Waals surface area (Å²) in [5.41, 5.74) is 0.953. The van der Waals surface area contributed by atoms with Gasteiger partial charge in [0.05, 0.1) is 10.6 Å². The maximum Gasteiger partial charge on any atom is 0.178 e. The first-order valence-electron chi connectivity index (χ1n) is 4.11. The van der Waals surface area contributed by atoms with E-state index in [1.807, 2.05) is 12.1 Å². The number of benzene rings is 1. The molecule has 0 amide bonds. The lowest BCUT2D eigenvalue weighted by molar-refractivity contribution is 0.586. The zero-order chi connectivity index (χ0) is 9.47. The van der Waals surface area contributed by atoms with E-state index in [4.69, 9.17) is 0 Å². The summed E-state index contributed by atoms with van der Waals surface area (Å²) < 4.78 is 24.0. The van der Waals surface area contributed by atoms with Crippen molar-refractivity contribution in [2.75, 3.05) is 5.75 Å². The molecule has 70 valence electrons. The predicted octanol–water partition coefficient (Wildman–Crippen LogP) is 2.17. The van der Waals surface area contributed by atoms with Crippen LogP contribution in [0.2, 0.25) is 0 Å². The van der Waals surface area contributed by atoms with E-state index < -0.39 is 9.84 Å². The van der Waals surface area contributed by atoms with Crippen LogP contribution < -0.4 is 0 Å². The zero-order valence-corrected chi connectivity index (χ0v) is 9.36. The molecule has 1 aliphatic rings. The molecule has 1 aromatic rings. The second-order valence-electron chi connectivity index (χ2n) is 3.17. The summed E-state index contributed by atoms with van der Waals surface area (Å²) in [7, 11) is -2.99. The molecule has 0 fully saturated rings. The molecule has 0 saturated carbocycles. The lowest BCUT2D eigenvalue weighted by Crippen LogP contribution is -2.15. The van der Waals surface area contributed by atoms with Crippen molar-refractivity contribution < 1.29 is 8.42 Å². The number of aryl methyl sites for hydroxylation is 1. The van der Waals surface area contributed by atoms with Gasteiger partial charge in [0.1, 0.15) is 0 Å². The molecule has 1 aromatic carbocycles. The van der Waals surface area contributed by atoms with E-state index in [-0.39, 0.29) is 5.75 Å². The molecule has 0 N–H and O–H groups in total. The fourth-order valence-electron chi connectivity index (χ4n) is 1.59. The van der Waals surface area contributed by atoms with Gasteiger partial charge in [-0.25, -0.2) is 8.42 Å². The van der Waals surface area contributed by atoms with Gasteiger partial charge in [-0.2, -0.15) is 0 Å². The van der Waals surface area contributed by atoms with E-state index in [2.05, 4.69) is 15.9 Å². The highest BCUT2D eigenvalue weighted by atomic mass is 79.9. The standard InChI is InChI=1S/C9H9BrO2S/c10-8-4-3-7-2-1-5-13(11,12)9(7)6-8/h3-4,6H,1-2,5H2. The van der Waals surface area contributed by atoms with E-state index in [1.54, 1.807) is 6.07 Å². The second-order valence-corrected chi connectivity index (χ2v) is 6.17. The van der Waals surface area contributed by atoms with Crippen LogP contribution in [0.4, 0.5) is 0 Å². The van der Waals surface area contributed by atoms with Gasteiger partial charge in [-0.1, -0.05) is 22.0 Å². The summed E-state index contributed by atoms with van der Waals surface area (Å²) >= 11 is 3.28. The Morgan fingerprint density at radius 2 is 2.08 bits per heavy atom. The van der Waals surface area contributed by atoms with Gasteiger partial charge in [0.2, 0.25) is 0 Å². The van der Waals surface area contributed by atoms with Crippen molar-refractivity contribution >= 4 is 25.8 Å². The van der Waals surface area contributed by atoms with Crippen LogP contribution in [0, 0.1) is 0 Å². The quantitative estimate of drug-likeness (QED) is 0.717. The Morgan fingerprint density at radius 1 is 1.31 bits per heavy atom. The summed E-state index contributed by atoms with van der Waals surface area (Å²) in [4.78, 5) is 0.508. The molecule has 1 aliphatic heterocycles. The van der Waals surface area contributed by atoms with Crippen molar-refractivity contribution in [3.63, 3.8) is 0 Å². The fraction of sp³-hybridized carbons (Fsp3) is 0.333. The summed E-state index contributed by atoms with van der Waals surface area (Å²) in [5, 5.41) is 0. The van der Waals surface area contributed by atoms with Crippen molar-refractivity contribution in [1.29, 1.82) is 0 Å². The van der Waals surface area contributed by atoms with Gasteiger partial charge < -0.3 is 0 Å². The maximum atomic E-state index is 11.6. The molecule has 0 unspecified atom stereocenters. The number of sulfone groups is 1. The Bertz CT molecular complexity index is 437. The summed E-state index contributed by atoms with van der Waals surface area (Å²) in [6, 6.07) is 5.47. The number of halogens is 1. The number of hydrogen-bond acceptors (Lipinski definition) is 2. The van der Waals surface area contributed by atoms with Gasteiger partial charge in [-0.05, 0) is 30.5 Å². The maximum absolute atomic E-state index is 11.6. The molecule has 2 rings (SSSR count). The van der Waals surface area contributed by atoms with E-state index >= 15 is 0 Å². The largest absolute Gasteiger partial charge is 0.224 e. The first-order valence-corrected chi connectivity index (χ1v) is 6.55. The van der Waals surface area contributed by atoms with Crippen molar-refractivity contribution in [1.82, 2.24) is 0 Å². The van der Waals surface area contributed by atoms with Crippen molar-refractivity contribution in [2.24, 2.45) is 0 Å². The van der Waals surface area contributed by atoms with E-state index in [0.29, 0.717) is 4.90 Å². The van der Waals surface area contributed by atoms with E-state index in [0.717, 1.165) is 22.9 Å². The smallest absolute Gasteiger partial charge is 0.178 e. The Hall–Kier alpha value is -0.350. The third-order valence-electron chi connectivity index (χ3n) is 2.22. The Kier molecular flexibility index (Phi) is 2.20. The van der Waals surface area contributed by atoms with Crippen LogP contribution in [0.25, 0.3) is 0 Å².